The molecule has 14 heavy (non-hydrogen) atoms. The molecule has 0 aromatic rings. The van der Waals surface area contributed by atoms with Gasteiger partial charge in [-0.15, -0.1) is 0 Å². The van der Waals surface area contributed by atoms with Gasteiger partial charge in [0.1, 0.15) is 0 Å². The van der Waals surface area contributed by atoms with E-state index in [9.17, 15) is 17.2 Å². The van der Waals surface area contributed by atoms with Crippen molar-refractivity contribution >= 4 is 9.84 Å². The summed E-state index contributed by atoms with van der Waals surface area (Å²) >= 11 is 0. The number of nitrogens with one attached hydrogen (secondary N) is 1. The molecule has 3 nitrogen and oxygen atoms in total. The summed E-state index contributed by atoms with van der Waals surface area (Å²) in [6.45, 7) is 1.37. The highest BCUT2D eigenvalue weighted by atomic mass is 32.2. The molecule has 2 unspecified atom stereocenters. The lowest BCUT2D eigenvalue weighted by Crippen LogP contribution is -2.46. The van der Waals surface area contributed by atoms with E-state index >= 15 is 0 Å². The number of rotatable bonds is 3. The SMILES string of the molecule is CC(NC1CCCS(=O)(=O)C1)C(F)F. The molecular weight excluding hydrogens is 212 g/mol. The number of hydrogen-bond acceptors (Lipinski definition) is 3. The Labute approximate surface area is 82.8 Å². The van der Waals surface area contributed by atoms with Crippen LogP contribution in [0.25, 0.3) is 0 Å². The van der Waals surface area contributed by atoms with E-state index in [1.54, 1.807) is 0 Å². The molecule has 0 aliphatic carbocycles. The van der Waals surface area contributed by atoms with E-state index in [1.807, 2.05) is 0 Å². The maximum atomic E-state index is 12.2. The van der Waals surface area contributed by atoms with Gasteiger partial charge in [0.2, 0.25) is 0 Å². The highest BCUT2D eigenvalue weighted by Crippen LogP contribution is 2.13. The second kappa shape index (κ2) is 4.53. The predicted molar refractivity (Wildman–Crippen MR) is 50.3 cm³/mol. The van der Waals surface area contributed by atoms with E-state index in [0.717, 1.165) is 0 Å². The van der Waals surface area contributed by atoms with Crippen molar-refractivity contribution in [3.8, 4) is 0 Å². The summed E-state index contributed by atoms with van der Waals surface area (Å²) in [6, 6.07) is -1.24. The van der Waals surface area contributed by atoms with Gasteiger partial charge >= 0.3 is 0 Å². The van der Waals surface area contributed by atoms with Gasteiger partial charge in [-0.25, -0.2) is 17.2 Å². The molecule has 1 saturated heterocycles. The van der Waals surface area contributed by atoms with Crippen LogP contribution in [0.2, 0.25) is 0 Å². The molecule has 1 heterocycles. The van der Waals surface area contributed by atoms with Crippen LogP contribution in [0.15, 0.2) is 0 Å². The van der Waals surface area contributed by atoms with Crippen molar-refractivity contribution in [2.24, 2.45) is 0 Å². The quantitative estimate of drug-likeness (QED) is 0.776. The second-order valence-electron chi connectivity index (χ2n) is 3.74. The Hall–Kier alpha value is -0.230. The zero-order valence-corrected chi connectivity index (χ0v) is 8.86. The standard InChI is InChI=1S/C8H15F2NO2S/c1-6(8(9)10)11-7-3-2-4-14(12,13)5-7/h6-8,11H,2-5H2,1H3. The van der Waals surface area contributed by atoms with Crippen molar-refractivity contribution < 1.29 is 17.2 Å². The molecular formula is C8H15F2NO2S. The molecule has 1 N–H and O–H groups in total. The van der Waals surface area contributed by atoms with E-state index in [0.29, 0.717) is 12.8 Å². The second-order valence-corrected chi connectivity index (χ2v) is 5.97. The Bertz CT molecular complexity index is 279. The van der Waals surface area contributed by atoms with Crippen molar-refractivity contribution in [3.63, 3.8) is 0 Å². The molecule has 0 amide bonds. The molecule has 1 aliphatic heterocycles. The fourth-order valence-electron chi connectivity index (χ4n) is 1.60. The van der Waals surface area contributed by atoms with Crippen molar-refractivity contribution in [3.05, 3.63) is 0 Å². The summed E-state index contributed by atoms with van der Waals surface area (Å²) in [5.74, 6) is 0.179. The van der Waals surface area contributed by atoms with Crippen molar-refractivity contribution in [1.82, 2.24) is 5.32 Å². The summed E-state index contributed by atoms with van der Waals surface area (Å²) < 4.78 is 46.7. The van der Waals surface area contributed by atoms with E-state index in [-0.39, 0.29) is 17.5 Å². The van der Waals surface area contributed by atoms with Gasteiger partial charge in [0.25, 0.3) is 6.43 Å². The Morgan fingerprint density at radius 1 is 1.43 bits per heavy atom. The molecule has 84 valence electrons. The molecule has 0 saturated carbocycles. The van der Waals surface area contributed by atoms with Crippen molar-refractivity contribution in [2.45, 2.75) is 38.3 Å². The fraction of sp³-hybridized carbons (Fsp3) is 1.00. The molecule has 6 heteroatoms. The first kappa shape index (κ1) is 11.8. The summed E-state index contributed by atoms with van der Waals surface area (Å²) in [4.78, 5) is 0. The average Bonchev–Trinajstić information content (AvgIpc) is 2.01. The largest absolute Gasteiger partial charge is 0.305 e. The third-order valence-electron chi connectivity index (χ3n) is 2.34. The zero-order chi connectivity index (χ0) is 10.8. The first-order valence-corrected chi connectivity index (χ1v) is 6.47. The summed E-state index contributed by atoms with van der Waals surface area (Å²) in [7, 11) is -3.01. The lowest BCUT2D eigenvalue weighted by molar-refractivity contribution is 0.100. The molecule has 0 aromatic heterocycles. The van der Waals surface area contributed by atoms with Crippen LogP contribution in [0.5, 0.6) is 0 Å². The molecule has 2 atom stereocenters. The van der Waals surface area contributed by atoms with Gasteiger partial charge in [0.15, 0.2) is 9.84 Å². The average molecular weight is 227 g/mol. The van der Waals surface area contributed by atoms with Crippen LogP contribution in [0.3, 0.4) is 0 Å². The zero-order valence-electron chi connectivity index (χ0n) is 8.04. The lowest BCUT2D eigenvalue weighted by atomic mass is 10.1. The lowest BCUT2D eigenvalue weighted by Gasteiger charge is -2.26. The number of sulfone groups is 1. The summed E-state index contributed by atoms with van der Waals surface area (Å²) in [5, 5.41) is 2.64. The monoisotopic (exact) mass is 227 g/mol. The minimum Gasteiger partial charge on any atom is -0.305 e. The number of alkyl halides is 2. The molecule has 0 radical (unpaired) electrons. The fourth-order valence-corrected chi connectivity index (χ4v) is 3.25. The van der Waals surface area contributed by atoms with Crippen molar-refractivity contribution in [2.75, 3.05) is 11.5 Å². The van der Waals surface area contributed by atoms with Crippen LogP contribution < -0.4 is 5.32 Å². The molecule has 1 aliphatic rings. The number of hydrogen-bond donors (Lipinski definition) is 1. The van der Waals surface area contributed by atoms with Crippen molar-refractivity contribution in [1.29, 1.82) is 0 Å². The Balaban J connectivity index is 2.46. The maximum Gasteiger partial charge on any atom is 0.253 e. The minimum atomic E-state index is -3.01. The first-order chi connectivity index (χ1) is 6.41. The Morgan fingerprint density at radius 2 is 2.07 bits per heavy atom. The van der Waals surface area contributed by atoms with Crippen LogP contribution >= 0.6 is 0 Å². The van der Waals surface area contributed by atoms with E-state index in [2.05, 4.69) is 5.32 Å². The Morgan fingerprint density at radius 3 is 2.57 bits per heavy atom. The number of halogens is 2. The van der Waals surface area contributed by atoms with Crippen LogP contribution in [-0.4, -0.2) is 38.4 Å². The normalized spacial score (nSPS) is 29.0. The smallest absolute Gasteiger partial charge is 0.253 e. The van der Waals surface area contributed by atoms with Crippen LogP contribution in [0.1, 0.15) is 19.8 Å². The van der Waals surface area contributed by atoms with Crippen LogP contribution in [0.4, 0.5) is 8.78 Å². The molecule has 1 fully saturated rings. The van der Waals surface area contributed by atoms with E-state index in [4.69, 9.17) is 0 Å². The molecule has 1 rings (SSSR count). The summed E-state index contributed by atoms with van der Waals surface area (Å²) in [5.41, 5.74) is 0. The summed E-state index contributed by atoms with van der Waals surface area (Å²) in [6.07, 6.45) is -1.22. The van der Waals surface area contributed by atoms with E-state index < -0.39 is 22.3 Å². The highest BCUT2D eigenvalue weighted by molar-refractivity contribution is 7.91. The highest BCUT2D eigenvalue weighted by Gasteiger charge is 2.27. The predicted octanol–water partition coefficient (Wildman–Crippen LogP) is 0.807. The third kappa shape index (κ3) is 3.49. The maximum absolute atomic E-state index is 12.2. The van der Waals surface area contributed by atoms with Gasteiger partial charge in [-0.3, -0.25) is 0 Å². The van der Waals surface area contributed by atoms with Crippen LogP contribution in [0, 0.1) is 0 Å². The minimum absolute atomic E-state index is 0.00986. The molecule has 0 bridgehead atoms. The topological polar surface area (TPSA) is 46.2 Å². The van der Waals surface area contributed by atoms with Crippen LogP contribution in [-0.2, 0) is 9.84 Å². The Kier molecular flexibility index (Phi) is 3.83. The molecule has 0 aromatic carbocycles. The van der Waals surface area contributed by atoms with Gasteiger partial charge in [-0.1, -0.05) is 0 Å². The van der Waals surface area contributed by atoms with Gasteiger partial charge in [0.05, 0.1) is 17.5 Å². The van der Waals surface area contributed by atoms with Gasteiger partial charge in [-0.05, 0) is 19.8 Å². The first-order valence-electron chi connectivity index (χ1n) is 4.65. The van der Waals surface area contributed by atoms with Gasteiger partial charge < -0.3 is 5.32 Å². The molecule has 0 spiro atoms. The van der Waals surface area contributed by atoms with Gasteiger partial charge in [-0.2, -0.15) is 0 Å². The third-order valence-corrected chi connectivity index (χ3v) is 4.16. The van der Waals surface area contributed by atoms with Gasteiger partial charge in [0, 0.05) is 6.04 Å². The van der Waals surface area contributed by atoms with E-state index in [1.165, 1.54) is 6.92 Å².